The summed E-state index contributed by atoms with van der Waals surface area (Å²) in [7, 11) is -12.8. The van der Waals surface area contributed by atoms with Crippen LogP contribution in [0.4, 0.5) is 0 Å². The van der Waals surface area contributed by atoms with Gasteiger partial charge in [0.2, 0.25) is 59.0 Å². The molecule has 2 aliphatic carbocycles. The summed E-state index contributed by atoms with van der Waals surface area (Å²) in [5.74, 6) is 0.517. The molecule has 137 heavy (non-hydrogen) atoms. The summed E-state index contributed by atoms with van der Waals surface area (Å²) in [4.78, 5) is 97.9. The molecule has 0 spiro atoms. The maximum absolute atomic E-state index is 11.8. The van der Waals surface area contributed by atoms with Crippen molar-refractivity contribution in [2.24, 2.45) is 43.3 Å². The van der Waals surface area contributed by atoms with Gasteiger partial charge in [-0.3, -0.25) is 38.4 Å². The molecule has 0 saturated carbocycles. The number of unbranched alkanes of at least 4 members (excludes halogenated alkanes) is 1. The second-order valence-electron chi connectivity index (χ2n) is 46.1. The molecule has 0 radical (unpaired) electrons. The smallest absolute Gasteiger partial charge is 0.246 e. The lowest BCUT2D eigenvalue weighted by Crippen LogP contribution is -2.46. The van der Waals surface area contributed by atoms with E-state index in [1.54, 1.807) is 58.7 Å². The van der Waals surface area contributed by atoms with Crippen molar-refractivity contribution in [1.82, 2.24) is 45.0 Å². The van der Waals surface area contributed by atoms with Crippen LogP contribution in [0.5, 0.6) is 0 Å². The molecule has 0 aromatic carbocycles. The fraction of sp³-hybridized carbons (Fsp3) is 0.660. The molecule has 26 nitrogen and oxygen atoms in total. The van der Waals surface area contributed by atoms with Gasteiger partial charge in [-0.15, -0.1) is 0 Å². The Balaban J connectivity index is -0.000000160. The minimum atomic E-state index is -3.26. The predicted octanol–water partition coefficient (Wildman–Crippen LogP) is 22.7. The molecule has 1 aromatic rings. The SMILES string of the molecule is C=CC(=O)C(C)(C)C.C=CC(=O)N(CCO)C(C)(C)C.C=CC(=O)NC(C)(C)C.C=CC(=O)NCC(C)(C)C.C=CC(=O)NCCC(C)(C)C.C=CS(=O)(=O)C(C)(C)C.C=CS(=O)(=O)NC(C)(C)C.C=CS(=O)(=O)NCC(C)(C)C.C=CS(=O)(=O)NCCC(C)(C)C.CC(C)(C)C(=O)C1=CCCC1.CC(C)(C)C(=O)C1=CCCCC1.CC(C)(C)c1ccnc(Cl)n1.CCC/C=C/C(=O)C(C)(C)C. The summed E-state index contributed by atoms with van der Waals surface area (Å²) in [5, 5.41) is 20.9. The number of Topliss-reactive ketones (excluding diaryl/α,β-unsaturated/α-hetero) is 2. The number of aliphatic hydroxyl groups is 1. The minimum Gasteiger partial charge on any atom is -0.395 e. The summed E-state index contributed by atoms with van der Waals surface area (Å²) in [6.07, 6.45) is 27.7. The number of ketones is 4. The van der Waals surface area contributed by atoms with E-state index in [2.05, 4.69) is 201 Å². The second kappa shape index (κ2) is 69.4. The highest BCUT2D eigenvalue weighted by molar-refractivity contribution is 7.95. The van der Waals surface area contributed by atoms with Crippen LogP contribution < -0.4 is 30.1 Å². The molecule has 0 fully saturated rings. The fourth-order valence-electron chi connectivity index (χ4n) is 8.74. The van der Waals surface area contributed by atoms with Gasteiger partial charge in [0.25, 0.3) is 0 Å². The number of allylic oxidation sites excluding steroid dienone is 7. The molecule has 7 N–H and O–H groups in total. The number of β-amino-alcohol motifs (C(OH)–C–C–N with tert-alkyl or cyclic N) is 1. The molecule has 2 aliphatic rings. The number of amides is 4. The van der Waals surface area contributed by atoms with Crippen LogP contribution in [0.3, 0.4) is 0 Å². The number of aliphatic hydroxyl groups excluding tert-OH is 1. The van der Waals surface area contributed by atoms with Gasteiger partial charge in [-0.1, -0.05) is 278 Å². The second-order valence-corrected chi connectivity index (χ2v) is 54.1. The maximum Gasteiger partial charge on any atom is 0.246 e. The third-order valence-corrected chi connectivity index (χ3v) is 22.5. The van der Waals surface area contributed by atoms with Gasteiger partial charge >= 0.3 is 0 Å². The quantitative estimate of drug-likeness (QED) is 0.0353. The highest BCUT2D eigenvalue weighted by Gasteiger charge is 2.29. The molecule has 3 rings (SSSR count). The zero-order chi connectivity index (χ0) is 111. The first-order chi connectivity index (χ1) is 60.9. The number of nitrogens with zero attached hydrogens (tertiary/aromatic N) is 3. The Labute approximate surface area is 841 Å². The summed E-state index contributed by atoms with van der Waals surface area (Å²) < 4.78 is 93.2. The maximum atomic E-state index is 11.8. The zero-order valence-corrected chi connectivity index (χ0v) is 96.9. The molecule has 0 aliphatic heterocycles. The highest BCUT2D eigenvalue weighted by atomic mass is 35.5. The average Bonchev–Trinajstić information content (AvgIpc) is 1.84. The van der Waals surface area contributed by atoms with Crippen molar-refractivity contribution in [3.05, 3.63) is 170 Å². The molecule has 31 heteroatoms. The van der Waals surface area contributed by atoms with E-state index in [0.717, 1.165) is 103 Å². The predicted molar refractivity (Wildman–Crippen MR) is 582 cm³/mol. The molecule has 0 saturated heterocycles. The van der Waals surface area contributed by atoms with Crippen molar-refractivity contribution in [2.45, 2.75) is 374 Å². The van der Waals surface area contributed by atoms with Crippen LogP contribution in [0, 0.1) is 43.3 Å². The summed E-state index contributed by atoms with van der Waals surface area (Å²) in [6.45, 7) is 110. The number of rotatable bonds is 25. The molecular formula is C106H194ClN9O17S4. The van der Waals surface area contributed by atoms with Crippen LogP contribution in [-0.4, -0.2) is 161 Å². The van der Waals surface area contributed by atoms with Gasteiger partial charge in [0.05, 0.1) is 17.0 Å². The van der Waals surface area contributed by atoms with E-state index in [9.17, 15) is 72.0 Å². The third-order valence-electron chi connectivity index (χ3n) is 16.8. The van der Waals surface area contributed by atoms with Crippen LogP contribution >= 0.6 is 11.6 Å². The number of carbonyl (C=O) groups is 8. The van der Waals surface area contributed by atoms with E-state index in [1.165, 1.54) is 43.2 Å². The van der Waals surface area contributed by atoms with Crippen molar-refractivity contribution in [1.29, 1.82) is 0 Å². The van der Waals surface area contributed by atoms with Gasteiger partial charge in [0.15, 0.2) is 33.0 Å². The monoisotopic (exact) mass is 2030 g/mol. The van der Waals surface area contributed by atoms with Gasteiger partial charge in [0.1, 0.15) is 0 Å². The third kappa shape index (κ3) is 99.8. The number of halogens is 1. The first kappa shape index (κ1) is 150. The molecule has 0 unspecified atom stereocenters. The summed E-state index contributed by atoms with van der Waals surface area (Å²) >= 11 is 5.63. The van der Waals surface area contributed by atoms with Gasteiger partial charge in [-0.25, -0.2) is 57.8 Å². The standard InChI is InChI=1S/C11H18O.C10H16O.C10H18O.C9H17NO2.C9H17NO.C8H11ClN2.C8H17NO2S.C8H15NO.C7H15NO2S.C7H13NO.C7H12O.C6H13NO2S.C6H12O2S/c1-11(2,3)10(12)9-7-5-4-6-8-9;1-10(2,3)9(11)8-6-4-5-7-8;1-5-6-7-8-9(11)10(2,3)4;1-5-8(12)10(6-7-11)9(2,3)4;1-5-8(11)10-7-6-9(2,3)4;1-8(2,3)6-4-5-10-7(9)11-6;1-5-12(10,11)9-7-6-8(2,3)4;1-5-7(10)9-6-8(2,3)4;1-5-11(9,10)8-6-7(2,3)4;1-5-6(9)8-7(2,3)4;1-5-6(8)7(2,3)4;1-5-10(8,9)7-6(2,3)4;1-5-9(7,8)6(2,3)4/h7H,4-6,8H2,1-3H3;6H,4-5,7H2,1-3H3;7-8H,5-6H2,1-4H3;5,11H,1,6-7H2,2-4H3;5H,1,6-7H2,2-4H3,(H,10,11);4-5H,1-3H3;5,9H,1,6-7H2,2-4H3;5H,1,6H2,2-4H3,(H,9,10);5,8H,1,6H2,2-4H3;5H,1H2,2-4H3,(H,8,9);5H,1H2,2-4H3;5,7H,1H2,2-4H3;5H,1H2,2-4H3/b;;8-7+;;;;;;;;;;. The van der Waals surface area contributed by atoms with E-state index in [4.69, 9.17) is 16.7 Å². The van der Waals surface area contributed by atoms with Gasteiger partial charge in [0, 0.05) is 104 Å². The van der Waals surface area contributed by atoms with Gasteiger partial charge in [-0.05, 0) is 234 Å². The first-order valence-corrected chi connectivity index (χ1v) is 52.9. The Morgan fingerprint density at radius 3 is 1.09 bits per heavy atom. The lowest BCUT2D eigenvalue weighted by Gasteiger charge is -2.34. The molecule has 1 aromatic heterocycles. The molecule has 0 bridgehead atoms. The summed E-state index contributed by atoms with van der Waals surface area (Å²) in [6, 6.07) is 1.88. The Hall–Kier alpha value is -7.55. The van der Waals surface area contributed by atoms with Crippen LogP contribution in [-0.2, 0) is 83.7 Å². The van der Waals surface area contributed by atoms with Crippen LogP contribution in [0.25, 0.3) is 0 Å². The van der Waals surface area contributed by atoms with Gasteiger partial charge < -0.3 is 26.0 Å². The number of hydrogen-bond acceptors (Lipinski definition) is 19. The van der Waals surface area contributed by atoms with Crippen molar-refractivity contribution >= 4 is 98.3 Å². The number of sulfonamides is 3. The van der Waals surface area contributed by atoms with Crippen molar-refractivity contribution in [3.8, 4) is 0 Å². The fourth-order valence-corrected chi connectivity index (χ4v) is 11.6. The van der Waals surface area contributed by atoms with Crippen LogP contribution in [0.2, 0.25) is 5.28 Å². The van der Waals surface area contributed by atoms with E-state index in [1.807, 2.05) is 158 Å². The molecule has 796 valence electrons. The lowest BCUT2D eigenvalue weighted by molar-refractivity contribution is -0.131. The van der Waals surface area contributed by atoms with Gasteiger partial charge in [-0.2, -0.15) is 0 Å². The topological polar surface area (TPSA) is 395 Å². The average molecular weight is 2030 g/mol. The van der Waals surface area contributed by atoms with E-state index >= 15 is 0 Å². The number of aromatic nitrogens is 2. The Morgan fingerprint density at radius 1 is 0.453 bits per heavy atom. The molecule has 1 heterocycles. The van der Waals surface area contributed by atoms with Crippen molar-refractivity contribution < 1.29 is 77.1 Å². The number of sulfone groups is 1. The highest BCUT2D eigenvalue weighted by Crippen LogP contribution is 2.29. The van der Waals surface area contributed by atoms with Crippen molar-refractivity contribution in [2.75, 3.05) is 39.3 Å². The molecular weight excluding hydrogens is 1830 g/mol. The summed E-state index contributed by atoms with van der Waals surface area (Å²) in [5.41, 5.74) is 2.03. The minimum absolute atomic E-state index is 0.0170. The lowest BCUT2D eigenvalue weighted by atomic mass is 9.82. The van der Waals surface area contributed by atoms with Crippen LogP contribution in [0.1, 0.15) is 353 Å². The molecule has 4 amide bonds. The molecule has 0 atom stereocenters. The van der Waals surface area contributed by atoms with E-state index < -0.39 is 50.2 Å². The number of hydrogen-bond donors (Lipinski definition) is 7. The number of nitrogens with one attached hydrogen (secondary N) is 6. The zero-order valence-electron chi connectivity index (χ0n) is 92.9. The van der Waals surface area contributed by atoms with Crippen LogP contribution in [0.15, 0.2) is 159 Å². The van der Waals surface area contributed by atoms with E-state index in [-0.39, 0.29) is 102 Å². The normalized spacial score (nSPS) is 13.0. The number of carbonyl (C=O) groups excluding carboxylic acids is 8. The Bertz CT molecular complexity index is 4430. The van der Waals surface area contributed by atoms with Crippen molar-refractivity contribution in [3.63, 3.8) is 0 Å². The Kier molecular flexibility index (Phi) is 75.8. The Morgan fingerprint density at radius 2 is 0.847 bits per heavy atom. The van der Waals surface area contributed by atoms with E-state index in [0.29, 0.717) is 43.0 Å². The largest absolute Gasteiger partial charge is 0.395 e. The first-order valence-electron chi connectivity index (χ1n) is 46.3.